The van der Waals surface area contributed by atoms with E-state index < -0.39 is 18.0 Å². The standard InChI is InChI=1S/C21H21NO7/c1-13(21(24)22-15-8-9-16-18(11-15)28-12-27-16)29-19(23)10-7-14-5-4-6-17(25-2)20(14)26-3/h4-11,13H,12H2,1-3H3,(H,22,24)/b10-7+/t13-/m0/s1. The van der Waals surface area contributed by atoms with Gasteiger partial charge in [-0.2, -0.15) is 0 Å². The second kappa shape index (κ2) is 9.01. The molecule has 3 rings (SSSR count). The van der Waals surface area contributed by atoms with Gasteiger partial charge in [0.1, 0.15) is 0 Å². The summed E-state index contributed by atoms with van der Waals surface area (Å²) in [6, 6.07) is 10.3. The number of benzene rings is 2. The van der Waals surface area contributed by atoms with Crippen molar-refractivity contribution in [1.82, 2.24) is 0 Å². The molecule has 0 saturated carbocycles. The van der Waals surface area contributed by atoms with Crippen molar-refractivity contribution in [2.45, 2.75) is 13.0 Å². The van der Waals surface area contributed by atoms with Crippen molar-refractivity contribution in [1.29, 1.82) is 0 Å². The Morgan fingerprint density at radius 2 is 1.90 bits per heavy atom. The van der Waals surface area contributed by atoms with Crippen molar-refractivity contribution in [3.05, 3.63) is 48.0 Å². The van der Waals surface area contributed by atoms with Crippen LogP contribution in [0.4, 0.5) is 5.69 Å². The average Bonchev–Trinajstić information content (AvgIpc) is 3.19. The number of para-hydroxylation sites is 1. The van der Waals surface area contributed by atoms with Crippen LogP contribution in [0, 0.1) is 0 Å². The number of hydrogen-bond donors (Lipinski definition) is 1. The van der Waals surface area contributed by atoms with E-state index in [1.165, 1.54) is 33.3 Å². The highest BCUT2D eigenvalue weighted by atomic mass is 16.7. The number of anilines is 1. The van der Waals surface area contributed by atoms with Gasteiger partial charge in [-0.15, -0.1) is 0 Å². The summed E-state index contributed by atoms with van der Waals surface area (Å²) in [6.07, 6.45) is 1.76. The molecule has 29 heavy (non-hydrogen) atoms. The Morgan fingerprint density at radius 1 is 1.10 bits per heavy atom. The smallest absolute Gasteiger partial charge is 0.331 e. The summed E-state index contributed by atoms with van der Waals surface area (Å²) in [5, 5.41) is 2.67. The topological polar surface area (TPSA) is 92.3 Å². The molecule has 152 valence electrons. The number of amides is 1. The van der Waals surface area contributed by atoms with E-state index in [1.54, 1.807) is 36.4 Å². The fraction of sp³-hybridized carbons (Fsp3) is 0.238. The molecule has 0 saturated heterocycles. The zero-order valence-electron chi connectivity index (χ0n) is 16.3. The van der Waals surface area contributed by atoms with Crippen molar-refractivity contribution in [2.75, 3.05) is 26.3 Å². The second-order valence-corrected chi connectivity index (χ2v) is 6.05. The maximum absolute atomic E-state index is 12.3. The molecule has 0 radical (unpaired) electrons. The Bertz CT molecular complexity index is 939. The second-order valence-electron chi connectivity index (χ2n) is 6.05. The highest BCUT2D eigenvalue weighted by Crippen LogP contribution is 2.34. The van der Waals surface area contributed by atoms with E-state index in [4.69, 9.17) is 23.7 Å². The minimum Gasteiger partial charge on any atom is -0.493 e. The lowest BCUT2D eigenvalue weighted by molar-refractivity contribution is -0.148. The van der Waals surface area contributed by atoms with Gasteiger partial charge in [0.2, 0.25) is 6.79 Å². The first-order chi connectivity index (χ1) is 14.0. The van der Waals surface area contributed by atoms with Gasteiger partial charge >= 0.3 is 5.97 Å². The van der Waals surface area contributed by atoms with Crippen molar-refractivity contribution >= 4 is 23.6 Å². The number of methoxy groups -OCH3 is 2. The van der Waals surface area contributed by atoms with Crippen LogP contribution in [0.1, 0.15) is 12.5 Å². The Kier molecular flexibility index (Phi) is 6.23. The highest BCUT2D eigenvalue weighted by Gasteiger charge is 2.19. The number of carbonyl (C=O) groups is 2. The van der Waals surface area contributed by atoms with Crippen molar-refractivity contribution < 1.29 is 33.3 Å². The third-order valence-corrected chi connectivity index (χ3v) is 4.13. The van der Waals surface area contributed by atoms with E-state index in [9.17, 15) is 9.59 Å². The molecule has 0 unspecified atom stereocenters. The molecule has 2 aromatic rings. The Morgan fingerprint density at radius 3 is 2.66 bits per heavy atom. The van der Waals surface area contributed by atoms with Gasteiger partial charge in [-0.25, -0.2) is 4.79 Å². The van der Waals surface area contributed by atoms with Crippen LogP contribution in [0.3, 0.4) is 0 Å². The lowest BCUT2D eigenvalue weighted by Gasteiger charge is -2.13. The summed E-state index contributed by atoms with van der Waals surface area (Å²) >= 11 is 0. The van der Waals surface area contributed by atoms with E-state index in [0.717, 1.165) is 0 Å². The Balaban J connectivity index is 1.59. The Hall–Kier alpha value is -3.68. The van der Waals surface area contributed by atoms with Crippen LogP contribution in [-0.2, 0) is 14.3 Å². The molecule has 8 heteroatoms. The van der Waals surface area contributed by atoms with E-state index in [1.807, 2.05) is 0 Å². The number of fused-ring (bicyclic) bond motifs is 1. The molecule has 1 atom stereocenters. The number of rotatable bonds is 7. The van der Waals surface area contributed by atoms with Crippen LogP contribution in [0.15, 0.2) is 42.5 Å². The summed E-state index contributed by atoms with van der Waals surface area (Å²) in [4.78, 5) is 24.4. The van der Waals surface area contributed by atoms with Gasteiger partial charge < -0.3 is 29.0 Å². The molecular formula is C21H21NO7. The molecule has 2 aromatic carbocycles. The van der Waals surface area contributed by atoms with Gasteiger partial charge in [-0.3, -0.25) is 4.79 Å². The zero-order valence-corrected chi connectivity index (χ0v) is 16.3. The number of hydrogen-bond acceptors (Lipinski definition) is 7. The van der Waals surface area contributed by atoms with Crippen molar-refractivity contribution in [2.24, 2.45) is 0 Å². The Labute approximate surface area is 168 Å². The van der Waals surface area contributed by atoms with E-state index >= 15 is 0 Å². The van der Waals surface area contributed by atoms with E-state index in [-0.39, 0.29) is 6.79 Å². The van der Waals surface area contributed by atoms with Crippen LogP contribution in [0.5, 0.6) is 23.0 Å². The molecule has 8 nitrogen and oxygen atoms in total. The molecule has 1 heterocycles. The maximum Gasteiger partial charge on any atom is 0.331 e. The van der Waals surface area contributed by atoms with E-state index in [2.05, 4.69) is 5.32 Å². The lowest BCUT2D eigenvalue weighted by atomic mass is 10.1. The monoisotopic (exact) mass is 399 g/mol. The van der Waals surface area contributed by atoms with Gasteiger partial charge in [0.15, 0.2) is 29.1 Å². The first kappa shape index (κ1) is 20.1. The lowest BCUT2D eigenvalue weighted by Crippen LogP contribution is -2.29. The first-order valence-corrected chi connectivity index (χ1v) is 8.82. The molecule has 0 aliphatic carbocycles. The minimum absolute atomic E-state index is 0.144. The summed E-state index contributed by atoms with van der Waals surface area (Å²) in [5.41, 5.74) is 1.15. The molecule has 1 aliphatic heterocycles. The molecule has 1 N–H and O–H groups in total. The molecule has 1 amide bonds. The SMILES string of the molecule is COc1cccc(/C=C/C(=O)O[C@@H](C)C(=O)Nc2ccc3c(c2)OCO3)c1OC. The van der Waals surface area contributed by atoms with Crippen LogP contribution in [0.25, 0.3) is 6.08 Å². The molecule has 0 fully saturated rings. The largest absolute Gasteiger partial charge is 0.493 e. The van der Waals surface area contributed by atoms with Crippen LogP contribution < -0.4 is 24.3 Å². The molecular weight excluding hydrogens is 378 g/mol. The fourth-order valence-corrected chi connectivity index (χ4v) is 2.69. The van der Waals surface area contributed by atoms with Gasteiger partial charge in [-0.05, 0) is 31.2 Å². The summed E-state index contributed by atoms with van der Waals surface area (Å²) in [7, 11) is 3.04. The van der Waals surface area contributed by atoms with Crippen molar-refractivity contribution in [3.8, 4) is 23.0 Å². The molecule has 0 aromatic heterocycles. The summed E-state index contributed by atoms with van der Waals surface area (Å²) in [5.74, 6) is 1.06. The molecule has 0 bridgehead atoms. The average molecular weight is 399 g/mol. The predicted molar refractivity (Wildman–Crippen MR) is 105 cm³/mol. The summed E-state index contributed by atoms with van der Waals surface area (Å²) in [6.45, 7) is 1.63. The third kappa shape index (κ3) is 4.78. The van der Waals surface area contributed by atoms with Crippen LogP contribution in [0.2, 0.25) is 0 Å². The summed E-state index contributed by atoms with van der Waals surface area (Å²) < 4.78 is 26.2. The molecule has 1 aliphatic rings. The fourth-order valence-electron chi connectivity index (χ4n) is 2.69. The number of ether oxygens (including phenoxy) is 5. The third-order valence-electron chi connectivity index (χ3n) is 4.13. The number of nitrogens with one attached hydrogen (secondary N) is 1. The van der Waals surface area contributed by atoms with Gasteiger partial charge in [0, 0.05) is 23.4 Å². The normalized spacial score (nSPS) is 13.1. The van der Waals surface area contributed by atoms with Gasteiger partial charge in [-0.1, -0.05) is 12.1 Å². The van der Waals surface area contributed by atoms with Crippen molar-refractivity contribution in [3.63, 3.8) is 0 Å². The van der Waals surface area contributed by atoms with Gasteiger partial charge in [0.25, 0.3) is 5.91 Å². The first-order valence-electron chi connectivity index (χ1n) is 8.82. The predicted octanol–water partition coefficient (Wildman–Crippen LogP) is 3.02. The van der Waals surface area contributed by atoms with E-state index in [0.29, 0.717) is 34.2 Å². The quantitative estimate of drug-likeness (QED) is 0.565. The van der Waals surface area contributed by atoms with Crippen LogP contribution >= 0.6 is 0 Å². The number of carbonyl (C=O) groups excluding carboxylic acids is 2. The van der Waals surface area contributed by atoms with Gasteiger partial charge in [0.05, 0.1) is 14.2 Å². The minimum atomic E-state index is -0.996. The highest BCUT2D eigenvalue weighted by molar-refractivity contribution is 5.97. The molecule has 0 spiro atoms. The number of esters is 1. The van der Waals surface area contributed by atoms with Crippen LogP contribution in [-0.4, -0.2) is 39.0 Å². The zero-order chi connectivity index (χ0) is 20.8. The maximum atomic E-state index is 12.3.